The average molecular weight is 437 g/mol. The number of likely N-dealkylation sites (tertiary alicyclic amines) is 1. The monoisotopic (exact) mass is 436 g/mol. The lowest BCUT2D eigenvalue weighted by molar-refractivity contribution is -0.170. The molecule has 0 spiro atoms. The zero-order valence-corrected chi connectivity index (χ0v) is 18.4. The fourth-order valence-electron chi connectivity index (χ4n) is 4.93. The molecule has 0 aromatic heterocycles. The maximum Gasteiger partial charge on any atom is 0.223 e. The average Bonchev–Trinajstić information content (AvgIpc) is 2.83. The van der Waals surface area contributed by atoms with E-state index in [4.69, 9.17) is 14.2 Å². The van der Waals surface area contributed by atoms with E-state index in [1.165, 1.54) is 5.56 Å². The van der Waals surface area contributed by atoms with Crippen molar-refractivity contribution in [2.45, 2.75) is 50.5 Å². The number of para-hydroxylation sites is 1. The zero-order valence-electron chi connectivity index (χ0n) is 18.4. The molecule has 0 aliphatic carbocycles. The van der Waals surface area contributed by atoms with Crippen LogP contribution < -0.4 is 10.1 Å². The predicted molar refractivity (Wildman–Crippen MR) is 122 cm³/mol. The Kier molecular flexibility index (Phi) is 6.72. The molecule has 3 fully saturated rings. The minimum Gasteiger partial charge on any atom is -0.457 e. The van der Waals surface area contributed by atoms with Gasteiger partial charge in [-0.15, -0.1) is 0 Å². The molecule has 1 amide bonds. The minimum absolute atomic E-state index is 0.101. The van der Waals surface area contributed by atoms with Crippen molar-refractivity contribution in [3.63, 3.8) is 0 Å². The maximum absolute atomic E-state index is 12.3. The molecule has 170 valence electrons. The number of ether oxygens (including phenoxy) is 3. The summed E-state index contributed by atoms with van der Waals surface area (Å²) in [4.78, 5) is 14.8. The number of nitrogens with one attached hydrogen (secondary N) is 1. The van der Waals surface area contributed by atoms with Crippen molar-refractivity contribution in [3.8, 4) is 11.5 Å². The smallest absolute Gasteiger partial charge is 0.223 e. The first-order valence-electron chi connectivity index (χ1n) is 11.8. The van der Waals surface area contributed by atoms with Crippen LogP contribution in [-0.2, 0) is 20.8 Å². The lowest BCUT2D eigenvalue weighted by Gasteiger charge is -2.52. The van der Waals surface area contributed by atoms with E-state index in [1.54, 1.807) is 0 Å². The highest BCUT2D eigenvalue weighted by Crippen LogP contribution is 2.33. The van der Waals surface area contributed by atoms with E-state index in [-0.39, 0.29) is 24.0 Å². The van der Waals surface area contributed by atoms with Crippen LogP contribution in [0, 0.1) is 5.92 Å². The summed E-state index contributed by atoms with van der Waals surface area (Å²) in [5.41, 5.74) is 1.29. The van der Waals surface area contributed by atoms with Crippen molar-refractivity contribution in [1.82, 2.24) is 10.2 Å². The van der Waals surface area contributed by atoms with Gasteiger partial charge in [0, 0.05) is 44.8 Å². The molecule has 32 heavy (non-hydrogen) atoms. The molecule has 2 aromatic rings. The van der Waals surface area contributed by atoms with Crippen molar-refractivity contribution in [2.24, 2.45) is 5.92 Å². The summed E-state index contributed by atoms with van der Waals surface area (Å²) in [5, 5.41) is 3.11. The third kappa shape index (κ3) is 5.14. The van der Waals surface area contributed by atoms with E-state index in [0.29, 0.717) is 25.8 Å². The molecule has 3 aliphatic rings. The highest BCUT2D eigenvalue weighted by molar-refractivity contribution is 5.78. The Morgan fingerprint density at radius 3 is 2.47 bits per heavy atom. The van der Waals surface area contributed by atoms with E-state index < -0.39 is 0 Å². The lowest BCUT2D eigenvalue weighted by atomic mass is 9.89. The highest BCUT2D eigenvalue weighted by Gasteiger charge is 2.43. The van der Waals surface area contributed by atoms with Gasteiger partial charge < -0.3 is 19.5 Å². The van der Waals surface area contributed by atoms with Crippen LogP contribution in [-0.4, -0.2) is 55.4 Å². The second kappa shape index (κ2) is 10.0. The van der Waals surface area contributed by atoms with Crippen molar-refractivity contribution in [1.29, 1.82) is 0 Å². The largest absolute Gasteiger partial charge is 0.457 e. The van der Waals surface area contributed by atoms with E-state index >= 15 is 0 Å². The molecule has 0 unspecified atom stereocenters. The first kappa shape index (κ1) is 21.4. The number of hydrogen-bond acceptors (Lipinski definition) is 5. The van der Waals surface area contributed by atoms with Crippen molar-refractivity contribution >= 4 is 5.91 Å². The van der Waals surface area contributed by atoms with Gasteiger partial charge in [0.25, 0.3) is 0 Å². The number of hydrogen-bond donors (Lipinski definition) is 1. The van der Waals surface area contributed by atoms with Crippen LogP contribution in [0.2, 0.25) is 0 Å². The number of carbonyl (C=O) groups is 1. The Morgan fingerprint density at radius 2 is 1.72 bits per heavy atom. The Bertz CT molecular complexity index is 882. The zero-order chi connectivity index (χ0) is 21.8. The number of fused-ring (bicyclic) bond motifs is 1. The maximum atomic E-state index is 12.3. The highest BCUT2D eigenvalue weighted by atomic mass is 16.5. The van der Waals surface area contributed by atoms with Gasteiger partial charge in [-0.2, -0.15) is 0 Å². The van der Waals surface area contributed by atoms with Gasteiger partial charge in [0.05, 0.1) is 12.2 Å². The Morgan fingerprint density at radius 1 is 0.969 bits per heavy atom. The van der Waals surface area contributed by atoms with Gasteiger partial charge in [-0.05, 0) is 55.5 Å². The van der Waals surface area contributed by atoms with Crippen LogP contribution in [0.5, 0.6) is 11.5 Å². The third-order valence-electron chi connectivity index (χ3n) is 6.85. The SMILES string of the molecule is O=C(NC[C@H]1CC[C@H]2[C@H](CN2Cc2ccc(Oc3ccccc3)cc2)O1)C1CCOCC1. The van der Waals surface area contributed by atoms with Gasteiger partial charge in [0.1, 0.15) is 11.5 Å². The molecule has 3 saturated heterocycles. The Hall–Kier alpha value is -2.41. The Labute approximate surface area is 189 Å². The molecule has 1 N–H and O–H groups in total. The molecule has 6 nitrogen and oxygen atoms in total. The number of nitrogens with zero attached hydrogens (tertiary/aromatic N) is 1. The molecule has 3 aliphatic heterocycles. The second-order valence-corrected chi connectivity index (χ2v) is 9.06. The van der Waals surface area contributed by atoms with Gasteiger partial charge in [0.15, 0.2) is 0 Å². The summed E-state index contributed by atoms with van der Waals surface area (Å²) in [6.07, 6.45) is 4.20. The first-order valence-corrected chi connectivity index (χ1v) is 11.8. The molecule has 2 aromatic carbocycles. The summed E-state index contributed by atoms with van der Waals surface area (Å²) >= 11 is 0. The van der Waals surface area contributed by atoms with Crippen molar-refractivity contribution in [3.05, 3.63) is 60.2 Å². The van der Waals surface area contributed by atoms with Crippen LogP contribution in [0.1, 0.15) is 31.2 Å². The topological polar surface area (TPSA) is 60.0 Å². The summed E-state index contributed by atoms with van der Waals surface area (Å²) in [7, 11) is 0. The molecule has 3 atom stereocenters. The van der Waals surface area contributed by atoms with Crippen LogP contribution in [0.25, 0.3) is 0 Å². The normalized spacial score (nSPS) is 26.1. The molecule has 0 saturated carbocycles. The first-order chi connectivity index (χ1) is 15.7. The van der Waals surface area contributed by atoms with Gasteiger partial charge in [-0.25, -0.2) is 0 Å². The van der Waals surface area contributed by atoms with Crippen molar-refractivity contribution in [2.75, 3.05) is 26.3 Å². The molecule has 5 rings (SSSR count). The standard InChI is InChI=1S/C26H32N2O4/c29-26(20-12-14-30-15-13-20)27-16-23-10-11-24-25(32-23)18-28(24)17-19-6-8-22(9-7-19)31-21-4-2-1-3-5-21/h1-9,20,23-25H,10-18H2,(H,27,29)/t23-,24+,25+/m1/s1. The Balaban J connectivity index is 1.05. The molecule has 3 heterocycles. The quantitative estimate of drug-likeness (QED) is 0.716. The number of amides is 1. The van der Waals surface area contributed by atoms with Crippen LogP contribution in [0.15, 0.2) is 54.6 Å². The fraction of sp³-hybridized carbons (Fsp3) is 0.500. The lowest BCUT2D eigenvalue weighted by Crippen LogP contribution is -2.64. The predicted octanol–water partition coefficient (Wildman–Crippen LogP) is 3.75. The molecule has 0 radical (unpaired) electrons. The van der Waals surface area contributed by atoms with Gasteiger partial charge in [-0.3, -0.25) is 9.69 Å². The van der Waals surface area contributed by atoms with E-state index in [0.717, 1.165) is 50.3 Å². The second-order valence-electron chi connectivity index (χ2n) is 9.06. The summed E-state index contributed by atoms with van der Waals surface area (Å²) in [5.74, 6) is 1.97. The molecule has 6 heteroatoms. The molecular weight excluding hydrogens is 404 g/mol. The van der Waals surface area contributed by atoms with Crippen molar-refractivity contribution < 1.29 is 19.0 Å². The van der Waals surface area contributed by atoms with Gasteiger partial charge in [0.2, 0.25) is 5.91 Å². The number of carbonyl (C=O) groups excluding carboxylic acids is 1. The fourth-order valence-corrected chi connectivity index (χ4v) is 4.93. The summed E-state index contributed by atoms with van der Waals surface area (Å²) in [6, 6.07) is 18.7. The molecule has 0 bridgehead atoms. The van der Waals surface area contributed by atoms with Crippen LogP contribution in [0.3, 0.4) is 0 Å². The van der Waals surface area contributed by atoms with Gasteiger partial charge >= 0.3 is 0 Å². The summed E-state index contributed by atoms with van der Waals surface area (Å²) in [6.45, 7) is 3.90. The number of rotatable bonds is 7. The third-order valence-corrected chi connectivity index (χ3v) is 6.85. The number of benzene rings is 2. The van der Waals surface area contributed by atoms with E-state index in [1.807, 2.05) is 42.5 Å². The van der Waals surface area contributed by atoms with E-state index in [2.05, 4.69) is 22.3 Å². The van der Waals surface area contributed by atoms with Gasteiger partial charge in [-0.1, -0.05) is 30.3 Å². The van der Waals surface area contributed by atoms with Crippen LogP contribution in [0.4, 0.5) is 0 Å². The summed E-state index contributed by atoms with van der Waals surface area (Å²) < 4.78 is 17.5. The molecular formula is C26H32N2O4. The van der Waals surface area contributed by atoms with E-state index in [9.17, 15) is 4.79 Å². The minimum atomic E-state index is 0.101. The van der Waals surface area contributed by atoms with Crippen LogP contribution >= 0.6 is 0 Å².